The maximum atomic E-state index is 13.5. The molecule has 2 heterocycles. The molecule has 0 atom stereocenters. The molecule has 1 amide bonds. The van der Waals surface area contributed by atoms with E-state index in [4.69, 9.17) is 43.1 Å². The lowest BCUT2D eigenvalue weighted by molar-refractivity contribution is -0.138. The molecule has 0 bridgehead atoms. The number of alkyl halides is 3. The van der Waals surface area contributed by atoms with Crippen LogP contribution in [0, 0.1) is 0 Å². The summed E-state index contributed by atoms with van der Waals surface area (Å²) in [6.07, 6.45) is -1.81. The summed E-state index contributed by atoms with van der Waals surface area (Å²) in [7, 11) is 0. The van der Waals surface area contributed by atoms with E-state index in [0.29, 0.717) is 70.2 Å². The van der Waals surface area contributed by atoms with Gasteiger partial charge in [0.15, 0.2) is 0 Å². The summed E-state index contributed by atoms with van der Waals surface area (Å²) in [5, 5.41) is 9.18. The van der Waals surface area contributed by atoms with Crippen molar-refractivity contribution < 1.29 is 42.1 Å². The summed E-state index contributed by atoms with van der Waals surface area (Å²) in [5.41, 5.74) is 0.929. The number of benzene rings is 3. The van der Waals surface area contributed by atoms with Gasteiger partial charge in [-0.2, -0.15) is 13.2 Å². The van der Waals surface area contributed by atoms with Crippen LogP contribution in [0.3, 0.4) is 0 Å². The summed E-state index contributed by atoms with van der Waals surface area (Å²) < 4.78 is 58.3. The molecule has 0 radical (unpaired) electrons. The van der Waals surface area contributed by atoms with Crippen LogP contribution in [0.15, 0.2) is 65.6 Å². The van der Waals surface area contributed by atoms with Crippen molar-refractivity contribution in [3.63, 3.8) is 0 Å². The second-order valence-corrected chi connectivity index (χ2v) is 13.4. The van der Waals surface area contributed by atoms with Crippen LogP contribution in [0.1, 0.15) is 29.5 Å². The number of thiocarbonyl (C=S) groups is 1. The molecule has 0 spiro atoms. The average molecular weight is 735 g/mol. The van der Waals surface area contributed by atoms with Gasteiger partial charge in [0.1, 0.15) is 15.8 Å². The molecule has 2 saturated heterocycles. The fraction of sp³-hybridized carbons (Fsp3) is 0.343. The summed E-state index contributed by atoms with van der Waals surface area (Å²) in [4.78, 5) is 28.6. The number of hydrogen-bond acceptors (Lipinski definition) is 8. The van der Waals surface area contributed by atoms with Gasteiger partial charge in [-0.25, -0.2) is 0 Å². The fourth-order valence-electron chi connectivity index (χ4n) is 5.34. The van der Waals surface area contributed by atoms with E-state index in [1.54, 1.807) is 48.5 Å². The molecule has 49 heavy (non-hydrogen) atoms. The Balaban J connectivity index is 1.31. The van der Waals surface area contributed by atoms with Gasteiger partial charge in [-0.1, -0.05) is 53.8 Å². The minimum Gasteiger partial charge on any atom is -0.494 e. The number of nitrogens with zero attached hydrogens (tertiary/aromatic N) is 2. The third-order valence-electron chi connectivity index (χ3n) is 7.80. The quantitative estimate of drug-likeness (QED) is 0.103. The highest BCUT2D eigenvalue weighted by atomic mass is 35.5. The highest BCUT2D eigenvalue weighted by molar-refractivity contribution is 8.26. The van der Waals surface area contributed by atoms with Crippen LogP contribution >= 0.6 is 35.6 Å². The van der Waals surface area contributed by atoms with Gasteiger partial charge < -0.3 is 19.3 Å². The molecule has 0 aromatic heterocycles. The molecule has 0 unspecified atom stereocenters. The molecule has 0 saturated carbocycles. The molecule has 2 aliphatic heterocycles. The number of morpholine rings is 1. The van der Waals surface area contributed by atoms with E-state index in [2.05, 4.69) is 4.90 Å². The Kier molecular flexibility index (Phi) is 12.6. The summed E-state index contributed by atoms with van der Waals surface area (Å²) in [6.45, 7) is 4.87. The number of thioether (sulfide) groups is 1. The van der Waals surface area contributed by atoms with E-state index < -0.39 is 17.7 Å². The van der Waals surface area contributed by atoms with E-state index in [9.17, 15) is 22.8 Å². The van der Waals surface area contributed by atoms with E-state index in [0.717, 1.165) is 49.9 Å². The zero-order chi connectivity index (χ0) is 35.0. The first-order valence-corrected chi connectivity index (χ1v) is 17.2. The first-order chi connectivity index (χ1) is 23.5. The fourth-order valence-corrected chi connectivity index (χ4v) is 6.87. The van der Waals surface area contributed by atoms with Crippen molar-refractivity contribution in [2.75, 3.05) is 52.6 Å². The monoisotopic (exact) mass is 734 g/mol. The molecular weight excluding hydrogens is 701 g/mol. The molecule has 260 valence electrons. The Morgan fingerprint density at radius 3 is 2.53 bits per heavy atom. The first kappa shape index (κ1) is 36.7. The number of carboxylic acids is 1. The lowest BCUT2D eigenvalue weighted by Crippen LogP contribution is -2.37. The third kappa shape index (κ3) is 10.2. The molecule has 5 rings (SSSR count). The van der Waals surface area contributed by atoms with E-state index in [-0.39, 0.29) is 29.5 Å². The van der Waals surface area contributed by atoms with Crippen LogP contribution in [0.4, 0.5) is 13.2 Å². The molecule has 8 nitrogen and oxygen atoms in total. The number of ether oxygens (including phenoxy) is 3. The molecule has 1 N–H and O–H groups in total. The van der Waals surface area contributed by atoms with Gasteiger partial charge in [0.25, 0.3) is 5.91 Å². The van der Waals surface area contributed by atoms with Crippen molar-refractivity contribution in [1.82, 2.24) is 9.80 Å². The minimum atomic E-state index is -4.55. The Hall–Kier alpha value is -3.62. The number of amides is 1. The summed E-state index contributed by atoms with van der Waals surface area (Å²) >= 11 is 13.0. The van der Waals surface area contributed by atoms with Crippen LogP contribution < -0.4 is 9.47 Å². The third-order valence-corrected chi connectivity index (χ3v) is 9.51. The van der Waals surface area contributed by atoms with Gasteiger partial charge >= 0.3 is 12.1 Å². The molecule has 0 aliphatic carbocycles. The van der Waals surface area contributed by atoms with E-state index >= 15 is 0 Å². The van der Waals surface area contributed by atoms with Crippen molar-refractivity contribution in [1.29, 1.82) is 0 Å². The number of carbonyl (C=O) groups excluding carboxylic acids is 1. The van der Waals surface area contributed by atoms with Gasteiger partial charge in [-0.05, 0) is 72.5 Å². The highest BCUT2D eigenvalue weighted by Crippen LogP contribution is 2.39. The predicted molar refractivity (Wildman–Crippen MR) is 187 cm³/mol. The predicted octanol–water partition coefficient (Wildman–Crippen LogP) is 7.42. The first-order valence-electron chi connectivity index (χ1n) is 15.6. The molecule has 2 aliphatic rings. The van der Waals surface area contributed by atoms with Crippen molar-refractivity contribution >= 4 is 57.9 Å². The summed E-state index contributed by atoms with van der Waals surface area (Å²) in [6, 6.07) is 15.0. The number of hydrogen-bond donors (Lipinski definition) is 1. The maximum Gasteiger partial charge on any atom is 0.416 e. The van der Waals surface area contributed by atoms with Crippen LogP contribution in [0.2, 0.25) is 5.02 Å². The number of carboxylic acid groups (broad SMARTS) is 1. The Morgan fingerprint density at radius 1 is 1.02 bits per heavy atom. The Bertz CT molecular complexity index is 1710. The topological polar surface area (TPSA) is 88.5 Å². The van der Waals surface area contributed by atoms with Gasteiger partial charge in [-0.3, -0.25) is 19.4 Å². The van der Waals surface area contributed by atoms with Gasteiger partial charge in [0.05, 0.1) is 43.3 Å². The molecular formula is C35H34ClF3N2O6S2. The number of aliphatic carboxylic acids is 1. The van der Waals surface area contributed by atoms with Crippen LogP contribution in [0.5, 0.6) is 11.5 Å². The molecule has 14 heteroatoms. The highest BCUT2D eigenvalue weighted by Gasteiger charge is 2.33. The van der Waals surface area contributed by atoms with Crippen molar-refractivity contribution in [2.45, 2.75) is 25.4 Å². The van der Waals surface area contributed by atoms with Gasteiger partial charge in [0, 0.05) is 42.3 Å². The van der Waals surface area contributed by atoms with Crippen LogP contribution in [0.25, 0.3) is 17.2 Å². The van der Waals surface area contributed by atoms with E-state index in [1.165, 1.54) is 11.0 Å². The SMILES string of the molecule is O=C(O)Cc1cccc(OCCCN2C(=O)/C(=C/c3cc(-c4cc(C(F)(F)F)ccc4Cl)ccc3OCCCN3CCOCC3)SC2=S)c1. The van der Waals surface area contributed by atoms with E-state index in [1.807, 2.05) is 0 Å². The molecule has 3 aromatic carbocycles. The van der Waals surface area contributed by atoms with Crippen molar-refractivity contribution in [2.24, 2.45) is 0 Å². The summed E-state index contributed by atoms with van der Waals surface area (Å²) in [5.74, 6) is -0.243. The normalized spacial score (nSPS) is 16.4. The van der Waals surface area contributed by atoms with Crippen LogP contribution in [-0.2, 0) is 26.9 Å². The zero-order valence-electron chi connectivity index (χ0n) is 26.3. The maximum absolute atomic E-state index is 13.5. The van der Waals surface area contributed by atoms with Crippen molar-refractivity contribution in [3.8, 4) is 22.6 Å². The Morgan fingerprint density at radius 2 is 1.78 bits per heavy atom. The molecule has 3 aromatic rings. The standard InChI is InChI=1S/C35H34ClF3N2O6S2/c36-29-8-7-26(35(37,38)39)22-28(29)24-6-9-30(47-15-2-10-40-12-16-45-17-13-40)25(20-24)21-31-33(44)41(34(48)49-31)11-3-14-46-27-5-1-4-23(18-27)19-32(42)43/h1,4-9,18,20-22H,2-3,10-17,19H2,(H,42,43)/b31-21-. The number of carbonyl (C=O) groups is 2. The van der Waals surface area contributed by atoms with Crippen LogP contribution in [-0.4, -0.2) is 83.7 Å². The van der Waals surface area contributed by atoms with Crippen molar-refractivity contribution in [3.05, 3.63) is 87.3 Å². The number of rotatable bonds is 14. The van der Waals surface area contributed by atoms with Gasteiger partial charge in [-0.15, -0.1) is 0 Å². The second-order valence-electron chi connectivity index (χ2n) is 11.4. The molecule has 2 fully saturated rings. The average Bonchev–Trinajstić information content (AvgIpc) is 3.33. The lowest BCUT2D eigenvalue weighted by atomic mass is 9.99. The zero-order valence-corrected chi connectivity index (χ0v) is 28.7. The van der Waals surface area contributed by atoms with Gasteiger partial charge in [0.2, 0.25) is 0 Å². The minimum absolute atomic E-state index is 0.114. The largest absolute Gasteiger partial charge is 0.494 e. The lowest BCUT2D eigenvalue weighted by Gasteiger charge is -2.26. The Labute approximate surface area is 296 Å². The number of halogens is 4. The second kappa shape index (κ2) is 16.9. The smallest absolute Gasteiger partial charge is 0.416 e.